The summed E-state index contributed by atoms with van der Waals surface area (Å²) in [6, 6.07) is 8.35. The highest BCUT2D eigenvalue weighted by molar-refractivity contribution is 6.31. The van der Waals surface area contributed by atoms with E-state index in [2.05, 4.69) is 17.2 Å². The first-order valence-electron chi connectivity index (χ1n) is 7.15. The van der Waals surface area contributed by atoms with Crippen molar-refractivity contribution in [2.24, 2.45) is 5.92 Å². The second-order valence-electron chi connectivity index (χ2n) is 5.48. The van der Waals surface area contributed by atoms with E-state index in [4.69, 9.17) is 16.3 Å². The largest absolute Gasteiger partial charge is 0.386 e. The molecule has 0 aliphatic heterocycles. The molecule has 1 aliphatic carbocycles. The van der Waals surface area contributed by atoms with Crippen molar-refractivity contribution >= 4 is 11.6 Å². The van der Waals surface area contributed by atoms with E-state index in [-0.39, 0.29) is 5.92 Å². The summed E-state index contributed by atoms with van der Waals surface area (Å²) in [5.41, 5.74) is 3.34. The van der Waals surface area contributed by atoms with Crippen LogP contribution in [0.4, 0.5) is 0 Å². The first-order chi connectivity index (χ1) is 10.2. The van der Waals surface area contributed by atoms with Crippen molar-refractivity contribution in [2.45, 2.75) is 25.5 Å². The SMILES string of the molecule is COCCn1ncc(Cl)c1C(O)C1Cc2ccccc2C1. The number of hydrogen-bond acceptors (Lipinski definition) is 3. The zero-order valence-corrected chi connectivity index (χ0v) is 12.8. The number of aliphatic hydroxyl groups is 1. The van der Waals surface area contributed by atoms with Crippen LogP contribution in [0.15, 0.2) is 30.5 Å². The first-order valence-corrected chi connectivity index (χ1v) is 7.53. The molecule has 0 saturated heterocycles. The first kappa shape index (κ1) is 14.6. The van der Waals surface area contributed by atoms with E-state index < -0.39 is 6.10 Å². The van der Waals surface area contributed by atoms with E-state index in [9.17, 15) is 5.11 Å². The van der Waals surface area contributed by atoms with Gasteiger partial charge in [0.2, 0.25) is 0 Å². The molecule has 21 heavy (non-hydrogen) atoms. The summed E-state index contributed by atoms with van der Waals surface area (Å²) in [4.78, 5) is 0. The maximum absolute atomic E-state index is 10.8. The Balaban J connectivity index is 1.80. The highest BCUT2D eigenvalue weighted by Crippen LogP contribution is 2.37. The Morgan fingerprint density at radius 3 is 2.67 bits per heavy atom. The molecule has 3 rings (SSSR count). The van der Waals surface area contributed by atoms with Crippen LogP contribution in [0.2, 0.25) is 5.02 Å². The zero-order valence-electron chi connectivity index (χ0n) is 12.0. The van der Waals surface area contributed by atoms with E-state index in [0.717, 1.165) is 12.8 Å². The molecule has 2 aromatic rings. The average molecular weight is 307 g/mol. The Morgan fingerprint density at radius 2 is 2.05 bits per heavy atom. The molecule has 112 valence electrons. The van der Waals surface area contributed by atoms with Gasteiger partial charge in [0.15, 0.2) is 0 Å². The fourth-order valence-corrected chi connectivity index (χ4v) is 3.31. The van der Waals surface area contributed by atoms with Crippen LogP contribution in [0, 0.1) is 5.92 Å². The van der Waals surface area contributed by atoms with Crippen LogP contribution in [-0.4, -0.2) is 28.6 Å². The van der Waals surface area contributed by atoms with E-state index in [1.165, 1.54) is 11.1 Å². The van der Waals surface area contributed by atoms with E-state index in [1.807, 2.05) is 12.1 Å². The Hall–Kier alpha value is -1.36. The van der Waals surface area contributed by atoms with Crippen molar-refractivity contribution in [2.75, 3.05) is 13.7 Å². The lowest BCUT2D eigenvalue weighted by atomic mass is 9.96. The van der Waals surface area contributed by atoms with Gasteiger partial charge in [-0.25, -0.2) is 0 Å². The molecule has 0 bridgehead atoms. The number of halogens is 1. The summed E-state index contributed by atoms with van der Waals surface area (Å²) in [6.07, 6.45) is 2.74. The minimum atomic E-state index is -0.607. The molecule has 0 radical (unpaired) electrons. The third kappa shape index (κ3) is 2.84. The highest BCUT2D eigenvalue weighted by Gasteiger charge is 2.31. The monoisotopic (exact) mass is 306 g/mol. The maximum Gasteiger partial charge on any atom is 0.101 e. The Bertz CT molecular complexity index is 601. The van der Waals surface area contributed by atoms with Crippen molar-refractivity contribution in [3.05, 3.63) is 52.3 Å². The summed E-state index contributed by atoms with van der Waals surface area (Å²) in [5, 5.41) is 15.5. The maximum atomic E-state index is 10.8. The molecule has 0 fully saturated rings. The molecule has 1 aromatic carbocycles. The van der Waals surface area contributed by atoms with Crippen LogP contribution in [0.5, 0.6) is 0 Å². The summed E-state index contributed by atoms with van der Waals surface area (Å²) in [5.74, 6) is 0.151. The van der Waals surface area contributed by atoms with Crippen molar-refractivity contribution < 1.29 is 9.84 Å². The number of ether oxygens (including phenoxy) is 1. The van der Waals surface area contributed by atoms with Crippen LogP contribution in [0.25, 0.3) is 0 Å². The standard InChI is InChI=1S/C16H19ClN2O2/c1-21-7-6-19-15(14(17)10-18-19)16(20)13-8-11-4-2-3-5-12(11)9-13/h2-5,10,13,16,20H,6-9H2,1H3. The molecule has 1 heterocycles. The number of rotatable bonds is 5. The van der Waals surface area contributed by atoms with Crippen molar-refractivity contribution in [3.63, 3.8) is 0 Å². The second-order valence-corrected chi connectivity index (χ2v) is 5.88. The second kappa shape index (κ2) is 6.18. The molecule has 0 amide bonds. The van der Waals surface area contributed by atoms with Gasteiger partial charge < -0.3 is 9.84 Å². The van der Waals surface area contributed by atoms with Crippen LogP contribution >= 0.6 is 11.6 Å². The molecule has 0 spiro atoms. The summed E-state index contributed by atoms with van der Waals surface area (Å²) in [6.45, 7) is 1.14. The number of methoxy groups -OCH3 is 1. The van der Waals surface area contributed by atoms with E-state index >= 15 is 0 Å². The van der Waals surface area contributed by atoms with Crippen LogP contribution < -0.4 is 0 Å². The molecule has 5 heteroatoms. The number of aromatic nitrogens is 2. The predicted molar refractivity (Wildman–Crippen MR) is 81.4 cm³/mol. The minimum absolute atomic E-state index is 0.151. The van der Waals surface area contributed by atoms with Gasteiger partial charge in [-0.3, -0.25) is 4.68 Å². The fourth-order valence-electron chi connectivity index (χ4n) is 3.06. The van der Waals surface area contributed by atoms with Crippen LogP contribution in [0.3, 0.4) is 0 Å². The van der Waals surface area contributed by atoms with Gasteiger partial charge in [-0.05, 0) is 29.9 Å². The number of aliphatic hydroxyl groups excluding tert-OH is 1. The van der Waals surface area contributed by atoms with Gasteiger partial charge in [-0.1, -0.05) is 35.9 Å². The summed E-state index contributed by atoms with van der Waals surface area (Å²) in [7, 11) is 1.65. The molecule has 1 aromatic heterocycles. The van der Waals surface area contributed by atoms with Crippen LogP contribution in [0.1, 0.15) is 22.9 Å². The fraction of sp³-hybridized carbons (Fsp3) is 0.438. The molecule has 4 nitrogen and oxygen atoms in total. The van der Waals surface area contributed by atoms with Crippen molar-refractivity contribution in [1.29, 1.82) is 0 Å². The Labute approximate surface area is 129 Å². The van der Waals surface area contributed by atoms with Crippen molar-refractivity contribution in [1.82, 2.24) is 9.78 Å². The lowest BCUT2D eigenvalue weighted by Gasteiger charge is -2.19. The van der Waals surface area contributed by atoms with Gasteiger partial charge in [-0.2, -0.15) is 5.10 Å². The molecule has 1 atom stereocenters. The minimum Gasteiger partial charge on any atom is -0.386 e. The van der Waals surface area contributed by atoms with Crippen LogP contribution in [-0.2, 0) is 24.1 Å². The summed E-state index contributed by atoms with van der Waals surface area (Å²) >= 11 is 6.22. The third-order valence-electron chi connectivity index (χ3n) is 4.15. The van der Waals surface area contributed by atoms with Gasteiger partial charge in [0.05, 0.1) is 30.1 Å². The van der Waals surface area contributed by atoms with Crippen molar-refractivity contribution in [3.8, 4) is 0 Å². The Morgan fingerprint density at radius 1 is 1.38 bits per heavy atom. The van der Waals surface area contributed by atoms with Gasteiger partial charge >= 0.3 is 0 Å². The Kier molecular flexibility index (Phi) is 4.29. The van der Waals surface area contributed by atoms with Gasteiger partial charge in [-0.15, -0.1) is 0 Å². The highest BCUT2D eigenvalue weighted by atomic mass is 35.5. The smallest absolute Gasteiger partial charge is 0.101 e. The molecule has 0 saturated carbocycles. The molecule has 1 aliphatic rings. The quantitative estimate of drug-likeness (QED) is 0.924. The molecular formula is C16H19ClN2O2. The van der Waals surface area contributed by atoms with Gasteiger partial charge in [0.25, 0.3) is 0 Å². The normalized spacial score (nSPS) is 16.1. The molecular weight excluding hydrogens is 288 g/mol. The predicted octanol–water partition coefficient (Wildman–Crippen LogP) is 2.63. The average Bonchev–Trinajstić information content (AvgIpc) is 3.08. The third-order valence-corrected chi connectivity index (χ3v) is 4.44. The topological polar surface area (TPSA) is 47.3 Å². The number of benzene rings is 1. The number of hydrogen-bond donors (Lipinski definition) is 1. The molecule has 1 N–H and O–H groups in total. The van der Waals surface area contributed by atoms with Gasteiger partial charge in [0, 0.05) is 7.11 Å². The lowest BCUT2D eigenvalue weighted by molar-refractivity contribution is 0.100. The lowest BCUT2D eigenvalue weighted by Crippen LogP contribution is -2.19. The number of nitrogens with zero attached hydrogens (tertiary/aromatic N) is 2. The van der Waals surface area contributed by atoms with E-state index in [1.54, 1.807) is 18.0 Å². The zero-order chi connectivity index (χ0) is 14.8. The van der Waals surface area contributed by atoms with Gasteiger partial charge in [0.1, 0.15) is 6.10 Å². The molecule has 1 unspecified atom stereocenters. The van der Waals surface area contributed by atoms with E-state index in [0.29, 0.717) is 23.9 Å². The number of fused-ring (bicyclic) bond motifs is 1. The summed E-state index contributed by atoms with van der Waals surface area (Å²) < 4.78 is 6.83.